The number of likely N-dealkylation sites (N-methyl/N-ethyl adjacent to an activating group) is 1. The minimum Gasteiger partial charge on any atom is -0.487 e. The lowest BCUT2D eigenvalue weighted by Gasteiger charge is -2.37. The van der Waals surface area contributed by atoms with Crippen LogP contribution in [0.1, 0.15) is 31.9 Å². The highest BCUT2D eigenvalue weighted by molar-refractivity contribution is 7.89. The number of hydrogen-bond donors (Lipinski definition) is 2. The summed E-state index contributed by atoms with van der Waals surface area (Å²) in [6.07, 6.45) is -1.09. The molecule has 8 heteroatoms. The zero-order chi connectivity index (χ0) is 24.9. The van der Waals surface area contributed by atoms with Crippen LogP contribution in [-0.2, 0) is 16.6 Å². The number of nitrogens with zero attached hydrogens (tertiary/aromatic N) is 2. The first-order valence-corrected chi connectivity index (χ1v) is 12.9. The minimum absolute atomic E-state index is 0.0537. The van der Waals surface area contributed by atoms with E-state index in [1.165, 1.54) is 15.9 Å². The topological polar surface area (TPSA) is 90.3 Å². The molecule has 2 N–H and O–H groups in total. The Morgan fingerprint density at radius 2 is 1.91 bits per heavy atom. The molecule has 0 unspecified atom stereocenters. The van der Waals surface area contributed by atoms with Crippen LogP contribution < -0.4 is 4.74 Å². The van der Waals surface area contributed by atoms with Gasteiger partial charge in [-0.2, -0.15) is 4.31 Å². The van der Waals surface area contributed by atoms with E-state index in [0.717, 1.165) is 6.54 Å². The lowest BCUT2D eigenvalue weighted by atomic mass is 10.0. The first-order chi connectivity index (χ1) is 16.1. The molecule has 0 radical (unpaired) electrons. The number of aliphatic hydroxyl groups is 2. The van der Waals surface area contributed by atoms with Crippen LogP contribution in [0.5, 0.6) is 5.75 Å². The Bertz CT molecular complexity index is 1120. The Hall–Kier alpha value is -2.41. The van der Waals surface area contributed by atoms with Crippen LogP contribution in [0, 0.1) is 17.8 Å². The molecule has 4 atom stereocenters. The summed E-state index contributed by atoms with van der Waals surface area (Å²) in [7, 11) is -1.89. The summed E-state index contributed by atoms with van der Waals surface area (Å²) in [4.78, 5) is 2.21. The Balaban J connectivity index is 1.99. The molecule has 3 rings (SSSR count). The zero-order valence-electron chi connectivity index (χ0n) is 20.2. The van der Waals surface area contributed by atoms with Crippen molar-refractivity contribution in [2.45, 2.75) is 50.5 Å². The highest BCUT2D eigenvalue weighted by atomic mass is 32.2. The third-order valence-corrected chi connectivity index (χ3v) is 7.90. The standard InChI is InChI=1S/C26H34N2O5S/c1-19-15-28(20(2)18-29)34(31,32)26-13-12-22(11-10-21(3)30)14-24(26)33-25(19)17-27(4)16-23-8-6-5-7-9-23/h5-9,12-14,19-21,25,29-30H,15-18H2,1-4H3/t19-,20+,21+,25-/m1/s1. The van der Waals surface area contributed by atoms with Crippen molar-refractivity contribution in [1.82, 2.24) is 9.21 Å². The maximum absolute atomic E-state index is 13.5. The fourth-order valence-corrected chi connectivity index (χ4v) is 5.80. The summed E-state index contributed by atoms with van der Waals surface area (Å²) < 4.78 is 34.8. The maximum atomic E-state index is 13.5. The van der Waals surface area contributed by atoms with E-state index in [-0.39, 0.29) is 35.8 Å². The van der Waals surface area contributed by atoms with Crippen molar-refractivity contribution in [3.8, 4) is 17.6 Å². The highest BCUT2D eigenvalue weighted by Crippen LogP contribution is 2.34. The summed E-state index contributed by atoms with van der Waals surface area (Å²) in [5.74, 6) is 5.64. The van der Waals surface area contributed by atoms with Gasteiger partial charge in [-0.1, -0.05) is 49.1 Å². The third kappa shape index (κ3) is 6.38. The predicted octanol–water partition coefficient (Wildman–Crippen LogP) is 2.32. The van der Waals surface area contributed by atoms with Crippen LogP contribution in [-0.4, -0.2) is 72.8 Å². The van der Waals surface area contributed by atoms with E-state index in [1.54, 1.807) is 26.0 Å². The van der Waals surface area contributed by atoms with E-state index in [9.17, 15) is 18.6 Å². The SMILES string of the molecule is C[C@H](O)C#Cc1ccc2c(c1)O[C@H](CN(C)Cc1ccccc1)[C@H](C)CN([C@@H](C)CO)S2(=O)=O. The van der Waals surface area contributed by atoms with Gasteiger partial charge in [-0.25, -0.2) is 8.42 Å². The molecule has 0 fully saturated rings. The van der Waals surface area contributed by atoms with E-state index in [0.29, 0.717) is 12.1 Å². The Labute approximate surface area is 203 Å². The summed E-state index contributed by atoms with van der Waals surface area (Å²) >= 11 is 0. The molecule has 2 aromatic rings. The summed E-state index contributed by atoms with van der Waals surface area (Å²) in [5, 5.41) is 19.3. The van der Waals surface area contributed by atoms with Gasteiger partial charge in [0.05, 0.1) is 6.61 Å². The number of hydrogen-bond acceptors (Lipinski definition) is 6. The van der Waals surface area contributed by atoms with Gasteiger partial charge >= 0.3 is 0 Å². The molecule has 0 saturated heterocycles. The number of sulfonamides is 1. The average molecular weight is 487 g/mol. The van der Waals surface area contributed by atoms with E-state index in [4.69, 9.17) is 4.74 Å². The smallest absolute Gasteiger partial charge is 0.247 e. The van der Waals surface area contributed by atoms with Crippen LogP contribution in [0.15, 0.2) is 53.4 Å². The molecule has 1 aliphatic heterocycles. The third-order valence-electron chi connectivity index (χ3n) is 5.88. The monoisotopic (exact) mass is 486 g/mol. The van der Waals surface area contributed by atoms with Crippen molar-refractivity contribution < 1.29 is 23.4 Å². The average Bonchev–Trinajstić information content (AvgIpc) is 2.80. The van der Waals surface area contributed by atoms with Crippen molar-refractivity contribution in [3.05, 3.63) is 59.7 Å². The molecule has 184 valence electrons. The molecule has 2 aromatic carbocycles. The van der Waals surface area contributed by atoms with Crippen molar-refractivity contribution in [2.75, 3.05) is 26.7 Å². The first kappa shape index (κ1) is 26.2. The van der Waals surface area contributed by atoms with E-state index >= 15 is 0 Å². The molecular weight excluding hydrogens is 452 g/mol. The Morgan fingerprint density at radius 1 is 1.21 bits per heavy atom. The first-order valence-electron chi connectivity index (χ1n) is 11.5. The molecule has 0 aromatic heterocycles. The van der Waals surface area contributed by atoms with Crippen LogP contribution in [0.2, 0.25) is 0 Å². The van der Waals surface area contributed by atoms with Crippen molar-refractivity contribution in [1.29, 1.82) is 0 Å². The second-order valence-electron chi connectivity index (χ2n) is 9.03. The van der Waals surface area contributed by atoms with Gasteiger partial charge in [-0.3, -0.25) is 4.90 Å². The summed E-state index contributed by atoms with van der Waals surface area (Å²) in [6, 6.07) is 14.3. The maximum Gasteiger partial charge on any atom is 0.247 e. The van der Waals surface area contributed by atoms with Gasteiger partial charge in [0.25, 0.3) is 0 Å². The molecule has 7 nitrogen and oxygen atoms in total. The van der Waals surface area contributed by atoms with Crippen LogP contribution >= 0.6 is 0 Å². The number of aliphatic hydroxyl groups excluding tert-OH is 2. The van der Waals surface area contributed by atoms with Gasteiger partial charge in [0.15, 0.2) is 0 Å². The van der Waals surface area contributed by atoms with Gasteiger partial charge in [0, 0.05) is 37.2 Å². The normalized spacial score (nSPS) is 21.9. The van der Waals surface area contributed by atoms with E-state index in [1.807, 2.05) is 32.2 Å². The minimum atomic E-state index is -3.90. The van der Waals surface area contributed by atoms with Crippen LogP contribution in [0.3, 0.4) is 0 Å². The molecule has 34 heavy (non-hydrogen) atoms. The second kappa shape index (κ2) is 11.3. The quantitative estimate of drug-likeness (QED) is 0.609. The zero-order valence-corrected chi connectivity index (χ0v) is 21.0. The van der Waals surface area contributed by atoms with Crippen molar-refractivity contribution >= 4 is 10.0 Å². The molecule has 0 aliphatic carbocycles. The van der Waals surface area contributed by atoms with E-state index < -0.39 is 22.2 Å². The van der Waals surface area contributed by atoms with E-state index in [2.05, 4.69) is 28.9 Å². The Morgan fingerprint density at radius 3 is 2.56 bits per heavy atom. The van der Waals surface area contributed by atoms with Gasteiger partial charge in [0.2, 0.25) is 10.0 Å². The number of fused-ring (bicyclic) bond motifs is 1. The van der Waals surface area contributed by atoms with Gasteiger partial charge in [0.1, 0.15) is 22.9 Å². The van der Waals surface area contributed by atoms with Crippen molar-refractivity contribution in [2.24, 2.45) is 5.92 Å². The van der Waals surface area contributed by atoms with Gasteiger partial charge in [-0.15, -0.1) is 0 Å². The molecular formula is C26H34N2O5S. The lowest BCUT2D eigenvalue weighted by molar-refractivity contribution is 0.0733. The highest BCUT2D eigenvalue weighted by Gasteiger charge is 2.38. The summed E-state index contributed by atoms with van der Waals surface area (Å²) in [5.41, 5.74) is 1.74. The van der Waals surface area contributed by atoms with Crippen molar-refractivity contribution in [3.63, 3.8) is 0 Å². The van der Waals surface area contributed by atoms with Crippen LogP contribution in [0.4, 0.5) is 0 Å². The molecule has 1 aliphatic rings. The Kier molecular flexibility index (Phi) is 8.74. The second-order valence-corrected chi connectivity index (χ2v) is 10.9. The molecule has 0 bridgehead atoms. The molecule has 0 spiro atoms. The molecule has 1 heterocycles. The fourth-order valence-electron chi connectivity index (χ4n) is 3.98. The lowest BCUT2D eigenvalue weighted by Crippen LogP contribution is -2.49. The largest absolute Gasteiger partial charge is 0.487 e. The van der Waals surface area contributed by atoms with Crippen LogP contribution in [0.25, 0.3) is 0 Å². The summed E-state index contributed by atoms with van der Waals surface area (Å²) in [6.45, 7) is 6.50. The molecule has 0 saturated carbocycles. The fraction of sp³-hybridized carbons (Fsp3) is 0.462. The number of ether oxygens (including phenoxy) is 1. The predicted molar refractivity (Wildman–Crippen MR) is 132 cm³/mol. The van der Waals surface area contributed by atoms with Gasteiger partial charge in [-0.05, 0) is 44.7 Å². The number of benzene rings is 2. The number of rotatable bonds is 6. The molecule has 0 amide bonds. The van der Waals surface area contributed by atoms with Gasteiger partial charge < -0.3 is 14.9 Å².